The van der Waals surface area contributed by atoms with E-state index in [0.29, 0.717) is 24.8 Å². The number of nitrogens with two attached hydrogens (primary N) is 1. The van der Waals surface area contributed by atoms with Gasteiger partial charge in [0, 0.05) is 6.20 Å². The summed E-state index contributed by atoms with van der Waals surface area (Å²) in [5.41, 5.74) is 5.59. The van der Waals surface area contributed by atoms with Crippen molar-refractivity contribution in [3.63, 3.8) is 0 Å². The summed E-state index contributed by atoms with van der Waals surface area (Å²) < 4.78 is 10.7. The number of hydrogen-bond donors (Lipinski definition) is 1. The van der Waals surface area contributed by atoms with E-state index in [4.69, 9.17) is 15.2 Å². The van der Waals surface area contributed by atoms with Crippen LogP contribution in [-0.2, 0) is 4.74 Å². The number of hydrogen-bond acceptors (Lipinski definition) is 4. The molecule has 1 aromatic heterocycles. The first-order valence-electron chi connectivity index (χ1n) is 4.65. The van der Waals surface area contributed by atoms with E-state index >= 15 is 0 Å². The van der Waals surface area contributed by atoms with Gasteiger partial charge in [-0.25, -0.2) is 4.98 Å². The summed E-state index contributed by atoms with van der Waals surface area (Å²) in [4.78, 5) is 3.90. The molecule has 0 aliphatic rings. The van der Waals surface area contributed by atoms with Crippen molar-refractivity contribution in [3.05, 3.63) is 18.3 Å². The van der Waals surface area contributed by atoms with E-state index < -0.39 is 0 Å². The van der Waals surface area contributed by atoms with Gasteiger partial charge in [0.1, 0.15) is 6.61 Å². The average Bonchev–Trinajstić information content (AvgIpc) is 2.15. The zero-order valence-corrected chi connectivity index (χ0v) is 8.56. The van der Waals surface area contributed by atoms with Gasteiger partial charge in [-0.15, -0.1) is 0 Å². The fourth-order valence-corrected chi connectivity index (χ4v) is 0.960. The van der Waals surface area contributed by atoms with Crippen molar-refractivity contribution in [1.29, 1.82) is 0 Å². The molecular formula is C10H16N2O2. The number of nitrogen functional groups attached to an aromatic ring is 1. The number of ether oxygens (including phenoxy) is 2. The van der Waals surface area contributed by atoms with Gasteiger partial charge in [-0.3, -0.25) is 0 Å². The van der Waals surface area contributed by atoms with E-state index in [0.717, 1.165) is 0 Å². The summed E-state index contributed by atoms with van der Waals surface area (Å²) in [5, 5.41) is 0. The fraction of sp³-hybridized carbons (Fsp3) is 0.500. The van der Waals surface area contributed by atoms with Gasteiger partial charge in [-0.05, 0) is 26.0 Å². The molecular weight excluding hydrogens is 180 g/mol. The maximum atomic E-state index is 5.59. The lowest BCUT2D eigenvalue weighted by Gasteiger charge is -2.09. The second-order valence-corrected chi connectivity index (χ2v) is 3.15. The zero-order chi connectivity index (χ0) is 10.4. The molecule has 4 nitrogen and oxygen atoms in total. The number of rotatable bonds is 5. The molecule has 0 aliphatic heterocycles. The van der Waals surface area contributed by atoms with E-state index in [1.54, 1.807) is 18.3 Å². The Morgan fingerprint density at radius 1 is 1.43 bits per heavy atom. The predicted molar refractivity (Wildman–Crippen MR) is 55.2 cm³/mol. The molecule has 4 heteroatoms. The Balaban J connectivity index is 2.28. The molecule has 0 spiro atoms. The molecule has 78 valence electrons. The van der Waals surface area contributed by atoms with Crippen LogP contribution < -0.4 is 10.5 Å². The summed E-state index contributed by atoms with van der Waals surface area (Å²) in [5.74, 6) is 1.02. The van der Waals surface area contributed by atoms with Gasteiger partial charge in [0.15, 0.2) is 11.6 Å². The number of nitrogens with zero attached hydrogens (tertiary/aromatic N) is 1. The van der Waals surface area contributed by atoms with Crippen molar-refractivity contribution in [2.45, 2.75) is 20.0 Å². The smallest absolute Gasteiger partial charge is 0.166 e. The molecule has 1 aromatic rings. The Kier molecular flexibility index (Phi) is 4.19. The van der Waals surface area contributed by atoms with E-state index in [9.17, 15) is 0 Å². The second kappa shape index (κ2) is 5.44. The minimum atomic E-state index is 0.227. The normalized spacial score (nSPS) is 10.5. The monoisotopic (exact) mass is 196 g/mol. The second-order valence-electron chi connectivity index (χ2n) is 3.15. The first-order valence-corrected chi connectivity index (χ1v) is 4.65. The van der Waals surface area contributed by atoms with Crippen LogP contribution in [0.25, 0.3) is 0 Å². The number of aromatic nitrogens is 1. The highest BCUT2D eigenvalue weighted by atomic mass is 16.5. The van der Waals surface area contributed by atoms with Crippen molar-refractivity contribution in [1.82, 2.24) is 4.98 Å². The maximum Gasteiger partial charge on any atom is 0.166 e. The Hall–Kier alpha value is -1.29. The van der Waals surface area contributed by atoms with Crippen molar-refractivity contribution >= 4 is 5.82 Å². The van der Waals surface area contributed by atoms with Crippen molar-refractivity contribution in [2.75, 3.05) is 18.9 Å². The van der Waals surface area contributed by atoms with Gasteiger partial charge >= 0.3 is 0 Å². The number of anilines is 1. The van der Waals surface area contributed by atoms with Crippen molar-refractivity contribution < 1.29 is 9.47 Å². The maximum absolute atomic E-state index is 5.59. The van der Waals surface area contributed by atoms with Crippen LogP contribution in [0.4, 0.5) is 5.82 Å². The Bertz CT molecular complexity index is 277. The lowest BCUT2D eigenvalue weighted by atomic mass is 10.4. The van der Waals surface area contributed by atoms with Crippen LogP contribution in [0.2, 0.25) is 0 Å². The minimum Gasteiger partial charge on any atom is -0.487 e. The van der Waals surface area contributed by atoms with E-state index in [1.165, 1.54) is 0 Å². The van der Waals surface area contributed by atoms with Gasteiger partial charge in [0.2, 0.25) is 0 Å². The van der Waals surface area contributed by atoms with E-state index in [-0.39, 0.29) is 6.10 Å². The molecule has 0 saturated carbocycles. The summed E-state index contributed by atoms with van der Waals surface area (Å²) >= 11 is 0. The summed E-state index contributed by atoms with van der Waals surface area (Å²) in [6, 6.07) is 3.58. The van der Waals surface area contributed by atoms with Crippen LogP contribution >= 0.6 is 0 Å². The summed E-state index contributed by atoms with van der Waals surface area (Å²) in [6.45, 7) is 5.02. The SMILES string of the molecule is CC(C)OCCOc1cccnc1N. The van der Waals surface area contributed by atoms with Crippen LogP contribution in [-0.4, -0.2) is 24.3 Å². The largest absolute Gasteiger partial charge is 0.487 e. The molecule has 14 heavy (non-hydrogen) atoms. The van der Waals surface area contributed by atoms with E-state index in [2.05, 4.69) is 4.98 Å². The highest BCUT2D eigenvalue weighted by molar-refractivity contribution is 5.44. The summed E-state index contributed by atoms with van der Waals surface area (Å²) in [6.07, 6.45) is 1.86. The average molecular weight is 196 g/mol. The third-order valence-electron chi connectivity index (χ3n) is 1.59. The highest BCUT2D eigenvalue weighted by Crippen LogP contribution is 2.16. The predicted octanol–water partition coefficient (Wildman–Crippen LogP) is 1.47. The Morgan fingerprint density at radius 2 is 2.21 bits per heavy atom. The van der Waals surface area contributed by atoms with Gasteiger partial charge in [-0.2, -0.15) is 0 Å². The van der Waals surface area contributed by atoms with Gasteiger partial charge in [-0.1, -0.05) is 0 Å². The molecule has 0 radical (unpaired) electrons. The fourth-order valence-electron chi connectivity index (χ4n) is 0.960. The van der Waals surface area contributed by atoms with Crippen LogP contribution in [0.15, 0.2) is 18.3 Å². The zero-order valence-electron chi connectivity index (χ0n) is 8.56. The Morgan fingerprint density at radius 3 is 2.86 bits per heavy atom. The molecule has 0 amide bonds. The van der Waals surface area contributed by atoms with Crippen LogP contribution in [0.1, 0.15) is 13.8 Å². The highest BCUT2D eigenvalue weighted by Gasteiger charge is 1.99. The first kappa shape index (κ1) is 10.8. The van der Waals surface area contributed by atoms with E-state index in [1.807, 2.05) is 13.8 Å². The standard InChI is InChI=1S/C10H16N2O2/c1-8(2)13-6-7-14-9-4-3-5-12-10(9)11/h3-5,8H,6-7H2,1-2H3,(H2,11,12). The van der Waals surface area contributed by atoms with Crippen LogP contribution in [0.3, 0.4) is 0 Å². The van der Waals surface area contributed by atoms with Crippen molar-refractivity contribution in [2.24, 2.45) is 0 Å². The molecule has 0 aliphatic carbocycles. The summed E-state index contributed by atoms with van der Waals surface area (Å²) in [7, 11) is 0. The lowest BCUT2D eigenvalue weighted by Crippen LogP contribution is -2.12. The third kappa shape index (κ3) is 3.62. The van der Waals surface area contributed by atoms with Crippen LogP contribution in [0, 0.1) is 0 Å². The molecule has 0 unspecified atom stereocenters. The Labute approximate surface area is 84.0 Å². The molecule has 1 rings (SSSR count). The molecule has 0 aromatic carbocycles. The van der Waals surface area contributed by atoms with Gasteiger partial charge in [0.05, 0.1) is 12.7 Å². The molecule has 0 saturated heterocycles. The van der Waals surface area contributed by atoms with Crippen molar-refractivity contribution in [3.8, 4) is 5.75 Å². The molecule has 0 bridgehead atoms. The van der Waals surface area contributed by atoms with Crippen LogP contribution in [0.5, 0.6) is 5.75 Å². The lowest BCUT2D eigenvalue weighted by molar-refractivity contribution is 0.0554. The molecule has 2 N–H and O–H groups in total. The number of pyridine rings is 1. The quantitative estimate of drug-likeness (QED) is 0.724. The van der Waals surface area contributed by atoms with Gasteiger partial charge < -0.3 is 15.2 Å². The topological polar surface area (TPSA) is 57.4 Å². The first-order chi connectivity index (χ1) is 6.70. The molecule has 0 atom stereocenters. The third-order valence-corrected chi connectivity index (χ3v) is 1.59. The minimum absolute atomic E-state index is 0.227. The molecule has 1 heterocycles. The molecule has 0 fully saturated rings. The van der Waals surface area contributed by atoms with Gasteiger partial charge in [0.25, 0.3) is 0 Å².